The van der Waals surface area contributed by atoms with Gasteiger partial charge in [0.05, 0.1) is 13.7 Å². The molecule has 0 spiro atoms. The number of nitrogens with zero attached hydrogens (tertiary/aromatic N) is 6. The van der Waals surface area contributed by atoms with Crippen LogP contribution in [-0.4, -0.2) is 61.3 Å². The summed E-state index contributed by atoms with van der Waals surface area (Å²) in [5, 5.41) is 19.1. The van der Waals surface area contributed by atoms with Gasteiger partial charge in [0.25, 0.3) is 5.56 Å². The van der Waals surface area contributed by atoms with Gasteiger partial charge in [-0.2, -0.15) is 0 Å². The lowest BCUT2D eigenvalue weighted by Gasteiger charge is -2.15. The Morgan fingerprint density at radius 2 is 1.70 bits per heavy atom. The van der Waals surface area contributed by atoms with Crippen molar-refractivity contribution in [2.45, 2.75) is 13.1 Å². The topological polar surface area (TPSA) is 148 Å². The van der Waals surface area contributed by atoms with Gasteiger partial charge in [-0.3, -0.25) is 14.5 Å². The first-order valence-electron chi connectivity index (χ1n) is 12.8. The van der Waals surface area contributed by atoms with E-state index in [9.17, 15) is 23.2 Å². The van der Waals surface area contributed by atoms with Crippen molar-refractivity contribution in [3.63, 3.8) is 0 Å². The summed E-state index contributed by atoms with van der Waals surface area (Å²) in [6.07, 6.45) is 1.54. The Kier molecular flexibility index (Phi) is 8.00. The summed E-state index contributed by atoms with van der Waals surface area (Å²) >= 11 is 0. The highest BCUT2D eigenvalue weighted by Crippen LogP contribution is 2.30. The van der Waals surface area contributed by atoms with E-state index < -0.39 is 35.5 Å². The zero-order valence-corrected chi connectivity index (χ0v) is 23.2. The fourth-order valence-electron chi connectivity index (χ4n) is 4.69. The SMILES string of the molecule is COc1ccc(-n2c(=O)c3c(CN(C)C)c(-c4ccc(NC(=O)NO)cc4)cn3n(Cc3c(F)cccc3F)c2=O)nn1. The minimum Gasteiger partial charge on any atom is -0.480 e. The van der Waals surface area contributed by atoms with Gasteiger partial charge in [0.15, 0.2) is 5.82 Å². The zero-order chi connectivity index (χ0) is 30.8. The Bertz CT molecular complexity index is 1910. The summed E-state index contributed by atoms with van der Waals surface area (Å²) in [7, 11) is 4.98. The molecule has 43 heavy (non-hydrogen) atoms. The van der Waals surface area contributed by atoms with Crippen molar-refractivity contribution in [2.24, 2.45) is 0 Å². The van der Waals surface area contributed by atoms with Crippen LogP contribution in [0.4, 0.5) is 19.3 Å². The standard InChI is InChI=1S/C28H26F2N8O5/c1-35(2)13-19-18(16-7-9-17(10-8-16)31-27(40)34-42)14-36-25(19)26(39)38(23-11-12-24(43-3)33-32-23)28(41)37(36)15-20-21(29)5-4-6-22(20)30/h4-12,14,42H,13,15H2,1-3H3,(H2,31,34,40). The van der Waals surface area contributed by atoms with E-state index in [-0.39, 0.29) is 29.3 Å². The molecule has 5 rings (SSSR count). The Balaban J connectivity index is 1.82. The number of nitrogens with one attached hydrogen (secondary N) is 2. The second-order valence-corrected chi connectivity index (χ2v) is 9.71. The zero-order valence-electron chi connectivity index (χ0n) is 23.2. The summed E-state index contributed by atoms with van der Waals surface area (Å²) in [4.78, 5) is 41.3. The maximum Gasteiger partial charge on any atom is 0.352 e. The van der Waals surface area contributed by atoms with Crippen LogP contribution in [0.1, 0.15) is 11.1 Å². The molecule has 0 aliphatic carbocycles. The molecule has 0 aliphatic rings. The molecule has 13 nitrogen and oxygen atoms in total. The molecular formula is C28H26F2N8O5. The number of urea groups is 1. The lowest BCUT2D eigenvalue weighted by Crippen LogP contribution is -2.43. The van der Waals surface area contributed by atoms with Gasteiger partial charge in [-0.1, -0.05) is 18.2 Å². The number of hydrogen-bond donors (Lipinski definition) is 3. The van der Waals surface area contributed by atoms with Crippen LogP contribution >= 0.6 is 0 Å². The lowest BCUT2D eigenvalue weighted by molar-refractivity contribution is 0.172. The summed E-state index contributed by atoms with van der Waals surface area (Å²) in [5.74, 6) is -1.69. The van der Waals surface area contributed by atoms with Gasteiger partial charge in [0.1, 0.15) is 17.2 Å². The van der Waals surface area contributed by atoms with Gasteiger partial charge in [-0.15, -0.1) is 10.2 Å². The molecule has 3 N–H and O–H groups in total. The number of hydroxylamine groups is 1. The number of anilines is 1. The molecule has 0 fully saturated rings. The van der Waals surface area contributed by atoms with Crippen LogP contribution in [0.3, 0.4) is 0 Å². The van der Waals surface area contributed by atoms with Crippen molar-refractivity contribution in [2.75, 3.05) is 26.5 Å². The molecule has 3 aromatic heterocycles. The van der Waals surface area contributed by atoms with Crippen LogP contribution in [0, 0.1) is 11.6 Å². The highest BCUT2D eigenvalue weighted by molar-refractivity contribution is 5.89. The van der Waals surface area contributed by atoms with E-state index in [2.05, 4.69) is 15.5 Å². The number of amides is 2. The average Bonchev–Trinajstić information content (AvgIpc) is 3.35. The van der Waals surface area contributed by atoms with Crippen molar-refractivity contribution in [1.82, 2.24) is 34.3 Å². The molecule has 15 heteroatoms. The van der Waals surface area contributed by atoms with Crippen molar-refractivity contribution in [1.29, 1.82) is 0 Å². The molecular weight excluding hydrogens is 566 g/mol. The number of carbonyl (C=O) groups excluding carboxylic acids is 1. The molecule has 0 bridgehead atoms. The molecule has 0 atom stereocenters. The summed E-state index contributed by atoms with van der Waals surface area (Å²) in [6, 6.07) is 11.9. The number of benzene rings is 2. The van der Waals surface area contributed by atoms with Gasteiger partial charge in [0.2, 0.25) is 5.88 Å². The second-order valence-electron chi connectivity index (χ2n) is 9.71. The third-order valence-corrected chi connectivity index (χ3v) is 6.63. The first-order valence-corrected chi connectivity index (χ1v) is 12.8. The molecule has 3 heterocycles. The molecule has 0 aliphatic heterocycles. The number of aromatic nitrogens is 5. The summed E-state index contributed by atoms with van der Waals surface area (Å²) < 4.78 is 37.8. The summed E-state index contributed by atoms with van der Waals surface area (Å²) in [5.41, 5.74) is 1.59. The maximum atomic E-state index is 14.8. The third-order valence-electron chi connectivity index (χ3n) is 6.63. The monoisotopic (exact) mass is 592 g/mol. The van der Waals surface area contributed by atoms with E-state index >= 15 is 0 Å². The van der Waals surface area contributed by atoms with Gasteiger partial charge in [-0.25, -0.2) is 33.1 Å². The highest BCUT2D eigenvalue weighted by Gasteiger charge is 2.24. The largest absolute Gasteiger partial charge is 0.480 e. The minimum atomic E-state index is -0.910. The fraction of sp³-hybridized carbons (Fsp3) is 0.179. The normalized spacial score (nSPS) is 11.2. The molecule has 0 unspecified atom stereocenters. The Morgan fingerprint density at radius 1 is 1.00 bits per heavy atom. The quantitative estimate of drug-likeness (QED) is 0.184. The molecule has 2 amide bonds. The number of fused-ring (bicyclic) bond motifs is 1. The van der Waals surface area contributed by atoms with Crippen LogP contribution < -0.4 is 26.8 Å². The van der Waals surface area contributed by atoms with Gasteiger partial charge >= 0.3 is 11.7 Å². The molecule has 0 saturated carbocycles. The van der Waals surface area contributed by atoms with Crippen molar-refractivity contribution in [3.8, 4) is 22.8 Å². The van der Waals surface area contributed by atoms with Crippen LogP contribution in [0.5, 0.6) is 5.88 Å². The lowest BCUT2D eigenvalue weighted by atomic mass is 10.0. The average molecular weight is 593 g/mol. The number of hydrogen-bond acceptors (Lipinski definition) is 8. The Hall–Kier alpha value is -5.41. The van der Waals surface area contributed by atoms with Gasteiger partial charge in [-0.05, 0) is 50.0 Å². The van der Waals surface area contributed by atoms with Gasteiger partial charge < -0.3 is 15.0 Å². The van der Waals surface area contributed by atoms with Crippen LogP contribution in [0.15, 0.2) is 70.4 Å². The third kappa shape index (κ3) is 5.58. The number of halogens is 2. The minimum absolute atomic E-state index is 0.0690. The Morgan fingerprint density at radius 3 is 2.28 bits per heavy atom. The molecule has 222 valence electrons. The van der Waals surface area contributed by atoms with Crippen LogP contribution in [0.2, 0.25) is 0 Å². The number of rotatable bonds is 8. The second kappa shape index (κ2) is 11.8. The predicted octanol–water partition coefficient (Wildman–Crippen LogP) is 2.62. The summed E-state index contributed by atoms with van der Waals surface area (Å²) in [6.45, 7) is -0.305. The molecule has 5 aromatic rings. The first kappa shape index (κ1) is 29.1. The van der Waals surface area contributed by atoms with Crippen molar-refractivity contribution in [3.05, 3.63) is 104 Å². The fourth-order valence-corrected chi connectivity index (χ4v) is 4.69. The van der Waals surface area contributed by atoms with Crippen molar-refractivity contribution >= 4 is 17.2 Å². The maximum absolute atomic E-state index is 14.8. The van der Waals surface area contributed by atoms with Gasteiger partial charge in [0, 0.05) is 41.2 Å². The van der Waals surface area contributed by atoms with Crippen molar-refractivity contribution < 1.29 is 23.5 Å². The van der Waals surface area contributed by atoms with E-state index in [4.69, 9.17) is 9.94 Å². The highest BCUT2D eigenvalue weighted by atomic mass is 19.1. The van der Waals surface area contributed by atoms with Crippen LogP contribution in [-0.2, 0) is 13.1 Å². The molecule has 2 aromatic carbocycles. The van der Waals surface area contributed by atoms with E-state index in [1.165, 1.54) is 35.3 Å². The molecule has 0 radical (unpaired) electrons. The number of carbonyl (C=O) groups is 1. The van der Waals surface area contributed by atoms with E-state index in [1.54, 1.807) is 44.6 Å². The number of methoxy groups -OCH3 is 1. The smallest absolute Gasteiger partial charge is 0.352 e. The predicted molar refractivity (Wildman–Crippen MR) is 152 cm³/mol. The number of ether oxygens (including phenoxy) is 1. The van der Waals surface area contributed by atoms with E-state index in [0.29, 0.717) is 22.4 Å². The first-order chi connectivity index (χ1) is 20.6. The van der Waals surface area contributed by atoms with E-state index in [1.807, 2.05) is 4.90 Å². The van der Waals surface area contributed by atoms with Crippen LogP contribution in [0.25, 0.3) is 22.5 Å². The Labute approximate surface area is 242 Å². The van der Waals surface area contributed by atoms with E-state index in [0.717, 1.165) is 21.4 Å². The molecule has 0 saturated heterocycles.